The van der Waals surface area contributed by atoms with Crippen molar-refractivity contribution in [2.75, 3.05) is 13.1 Å². The van der Waals surface area contributed by atoms with Gasteiger partial charge in [0, 0.05) is 25.9 Å². The summed E-state index contributed by atoms with van der Waals surface area (Å²) in [4.78, 5) is 35.5. The van der Waals surface area contributed by atoms with Gasteiger partial charge in [-0.1, -0.05) is 13.8 Å². The van der Waals surface area contributed by atoms with Crippen LogP contribution in [-0.4, -0.2) is 41.0 Å². The fourth-order valence-corrected chi connectivity index (χ4v) is 2.42. The van der Waals surface area contributed by atoms with Crippen molar-refractivity contribution in [2.24, 2.45) is 5.41 Å². The molecule has 1 heterocycles. The molecule has 6 nitrogen and oxygen atoms in total. The van der Waals surface area contributed by atoms with Gasteiger partial charge in [-0.25, -0.2) is 4.79 Å². The highest BCUT2D eigenvalue weighted by molar-refractivity contribution is 5.94. The Hall–Kier alpha value is -1.59. The van der Waals surface area contributed by atoms with Crippen molar-refractivity contribution in [3.8, 4) is 0 Å². The highest BCUT2D eigenvalue weighted by Crippen LogP contribution is 2.28. The zero-order chi connectivity index (χ0) is 15.2. The van der Waals surface area contributed by atoms with Crippen LogP contribution in [0.5, 0.6) is 0 Å². The van der Waals surface area contributed by atoms with E-state index in [2.05, 4.69) is 19.2 Å². The molecule has 6 heteroatoms. The van der Waals surface area contributed by atoms with Gasteiger partial charge in [0.25, 0.3) is 0 Å². The Morgan fingerprint density at radius 2 is 1.85 bits per heavy atom. The van der Waals surface area contributed by atoms with Gasteiger partial charge in [-0.2, -0.15) is 0 Å². The molecule has 0 radical (unpaired) electrons. The number of imide groups is 1. The first kappa shape index (κ1) is 16.5. The fraction of sp³-hybridized carbons (Fsp3) is 0.786. The summed E-state index contributed by atoms with van der Waals surface area (Å²) in [7, 11) is 0. The number of nitrogens with one attached hydrogen (secondary N) is 1. The Kier molecular flexibility index (Phi) is 5.98. The number of piperidine rings is 1. The Labute approximate surface area is 119 Å². The molecule has 0 unspecified atom stereocenters. The van der Waals surface area contributed by atoms with Crippen molar-refractivity contribution in [1.29, 1.82) is 0 Å². The van der Waals surface area contributed by atoms with E-state index in [9.17, 15) is 14.4 Å². The van der Waals surface area contributed by atoms with Crippen molar-refractivity contribution < 1.29 is 19.5 Å². The van der Waals surface area contributed by atoms with E-state index in [0.29, 0.717) is 25.9 Å². The zero-order valence-electron chi connectivity index (χ0n) is 12.3. The molecule has 0 aromatic rings. The van der Waals surface area contributed by atoms with Crippen LogP contribution in [0.3, 0.4) is 0 Å². The molecule has 1 aliphatic rings. The molecule has 3 amide bonds. The molecule has 0 spiro atoms. The molecule has 0 aromatic carbocycles. The van der Waals surface area contributed by atoms with E-state index in [1.165, 1.54) is 0 Å². The van der Waals surface area contributed by atoms with Gasteiger partial charge >= 0.3 is 12.0 Å². The van der Waals surface area contributed by atoms with E-state index in [1.807, 2.05) is 0 Å². The number of unbranched alkanes of at least 4 members (excludes halogenated alkanes) is 1. The Morgan fingerprint density at radius 3 is 2.45 bits per heavy atom. The van der Waals surface area contributed by atoms with Crippen molar-refractivity contribution in [3.05, 3.63) is 0 Å². The maximum atomic E-state index is 11.9. The molecule has 1 aliphatic heterocycles. The van der Waals surface area contributed by atoms with Gasteiger partial charge in [-0.05, 0) is 31.1 Å². The number of carboxylic acid groups (broad SMARTS) is 1. The number of hydrogen-bond acceptors (Lipinski definition) is 3. The van der Waals surface area contributed by atoms with Gasteiger partial charge in [0.05, 0.1) is 0 Å². The summed E-state index contributed by atoms with van der Waals surface area (Å²) in [5.41, 5.74) is 0.0973. The second-order valence-corrected chi connectivity index (χ2v) is 6.14. The van der Waals surface area contributed by atoms with Crippen LogP contribution in [0.25, 0.3) is 0 Å². The standard InChI is InChI=1S/C14H24N2O4/c1-14(2)8-5-9-16(10-14)13(20)15-11(17)6-3-4-7-12(18)19/h3-10H2,1-2H3,(H,18,19)(H,15,17,20). The molecule has 0 aromatic heterocycles. The number of hydrogen-bond donors (Lipinski definition) is 2. The summed E-state index contributed by atoms with van der Waals surface area (Å²) in [5.74, 6) is -1.19. The summed E-state index contributed by atoms with van der Waals surface area (Å²) < 4.78 is 0. The molecular weight excluding hydrogens is 260 g/mol. The van der Waals surface area contributed by atoms with Crippen molar-refractivity contribution >= 4 is 17.9 Å². The molecule has 0 bridgehead atoms. The van der Waals surface area contributed by atoms with Gasteiger partial charge in [-0.3, -0.25) is 14.9 Å². The maximum Gasteiger partial charge on any atom is 0.324 e. The van der Waals surface area contributed by atoms with Crippen molar-refractivity contribution in [2.45, 2.75) is 52.4 Å². The summed E-state index contributed by atoms with van der Waals surface area (Å²) >= 11 is 0. The van der Waals surface area contributed by atoms with E-state index < -0.39 is 5.97 Å². The number of carbonyl (C=O) groups is 3. The Bertz CT molecular complexity index is 379. The lowest BCUT2D eigenvalue weighted by Gasteiger charge is -2.37. The minimum Gasteiger partial charge on any atom is -0.481 e. The predicted octanol–water partition coefficient (Wildman–Crippen LogP) is 1.99. The number of carbonyl (C=O) groups excluding carboxylic acids is 2. The van der Waals surface area contributed by atoms with Crippen LogP contribution in [0.4, 0.5) is 4.79 Å². The first-order valence-corrected chi connectivity index (χ1v) is 7.11. The van der Waals surface area contributed by atoms with Crippen LogP contribution in [-0.2, 0) is 9.59 Å². The lowest BCUT2D eigenvalue weighted by Crippen LogP contribution is -2.49. The van der Waals surface area contributed by atoms with Crippen LogP contribution in [0, 0.1) is 5.41 Å². The van der Waals surface area contributed by atoms with Crippen LogP contribution in [0.2, 0.25) is 0 Å². The third-order valence-electron chi connectivity index (χ3n) is 3.48. The molecule has 1 saturated heterocycles. The predicted molar refractivity (Wildman–Crippen MR) is 74.2 cm³/mol. The van der Waals surface area contributed by atoms with E-state index >= 15 is 0 Å². The SMILES string of the molecule is CC1(C)CCCN(C(=O)NC(=O)CCCCC(=O)O)C1. The highest BCUT2D eigenvalue weighted by atomic mass is 16.4. The Morgan fingerprint density at radius 1 is 1.20 bits per heavy atom. The molecule has 1 fully saturated rings. The quantitative estimate of drug-likeness (QED) is 0.756. The number of carboxylic acids is 1. The topological polar surface area (TPSA) is 86.7 Å². The highest BCUT2D eigenvalue weighted by Gasteiger charge is 2.29. The molecule has 20 heavy (non-hydrogen) atoms. The smallest absolute Gasteiger partial charge is 0.324 e. The third-order valence-corrected chi connectivity index (χ3v) is 3.48. The minimum atomic E-state index is -0.864. The van der Waals surface area contributed by atoms with Crippen molar-refractivity contribution in [1.82, 2.24) is 10.2 Å². The maximum absolute atomic E-state index is 11.9. The van der Waals surface area contributed by atoms with Gasteiger partial charge in [0.15, 0.2) is 0 Å². The molecule has 0 aliphatic carbocycles. The van der Waals surface area contributed by atoms with Crippen LogP contribution >= 0.6 is 0 Å². The fourth-order valence-electron chi connectivity index (χ4n) is 2.42. The number of likely N-dealkylation sites (tertiary alicyclic amines) is 1. The largest absolute Gasteiger partial charge is 0.481 e. The van der Waals surface area contributed by atoms with Crippen LogP contribution in [0.15, 0.2) is 0 Å². The second-order valence-electron chi connectivity index (χ2n) is 6.14. The molecule has 2 N–H and O–H groups in total. The number of nitrogens with zero attached hydrogens (tertiary/aromatic N) is 1. The number of aliphatic carboxylic acids is 1. The molecule has 0 atom stereocenters. The van der Waals surface area contributed by atoms with E-state index in [-0.39, 0.29) is 30.2 Å². The normalized spacial score (nSPS) is 17.6. The lowest BCUT2D eigenvalue weighted by molar-refractivity contribution is -0.137. The summed E-state index contributed by atoms with van der Waals surface area (Å²) in [6, 6.07) is -0.332. The molecule has 114 valence electrons. The average Bonchev–Trinajstić information content (AvgIpc) is 2.33. The van der Waals surface area contributed by atoms with E-state index in [1.54, 1.807) is 4.90 Å². The van der Waals surface area contributed by atoms with E-state index in [0.717, 1.165) is 12.8 Å². The van der Waals surface area contributed by atoms with Gasteiger partial charge in [0.1, 0.15) is 0 Å². The van der Waals surface area contributed by atoms with Crippen molar-refractivity contribution in [3.63, 3.8) is 0 Å². The number of rotatable bonds is 5. The molecule has 1 rings (SSSR count). The number of amides is 3. The summed E-state index contributed by atoms with van der Waals surface area (Å²) in [5, 5.41) is 10.9. The zero-order valence-corrected chi connectivity index (χ0v) is 12.3. The van der Waals surface area contributed by atoms with Gasteiger partial charge in [0.2, 0.25) is 5.91 Å². The Balaban J connectivity index is 2.27. The third kappa shape index (κ3) is 6.04. The van der Waals surface area contributed by atoms with E-state index in [4.69, 9.17) is 5.11 Å². The summed E-state index contributed by atoms with van der Waals surface area (Å²) in [6.07, 6.45) is 3.22. The average molecular weight is 284 g/mol. The number of urea groups is 1. The monoisotopic (exact) mass is 284 g/mol. The minimum absolute atomic E-state index is 0.0571. The lowest BCUT2D eigenvalue weighted by atomic mass is 9.84. The van der Waals surface area contributed by atoms with Gasteiger partial charge in [-0.15, -0.1) is 0 Å². The van der Waals surface area contributed by atoms with Crippen LogP contribution in [0.1, 0.15) is 52.4 Å². The molecular formula is C14H24N2O4. The second kappa shape index (κ2) is 7.26. The summed E-state index contributed by atoms with van der Waals surface area (Å²) in [6.45, 7) is 5.56. The first-order chi connectivity index (χ1) is 9.30. The van der Waals surface area contributed by atoms with Crippen LogP contribution < -0.4 is 5.32 Å². The van der Waals surface area contributed by atoms with Gasteiger partial charge < -0.3 is 10.0 Å². The first-order valence-electron chi connectivity index (χ1n) is 7.11. The molecule has 0 saturated carbocycles.